The number of rotatable bonds is 4. The fraction of sp³-hybridized carbons (Fsp3) is 0.0909. The first kappa shape index (κ1) is 13.1. The van der Waals surface area contributed by atoms with Crippen molar-refractivity contribution in [2.24, 2.45) is 0 Å². The van der Waals surface area contributed by atoms with Crippen molar-refractivity contribution in [2.45, 2.75) is 10.9 Å². The Morgan fingerprint density at radius 1 is 1.47 bits per heavy atom. The predicted octanol–water partition coefficient (Wildman–Crippen LogP) is 0.343. The number of hydrogen-bond acceptors (Lipinski definition) is 6. The SMILES string of the molecule is Nn1c(SCc2cccc(C(=O)O)c2)nncc1=O. The van der Waals surface area contributed by atoms with Crippen molar-refractivity contribution in [3.8, 4) is 0 Å². The first-order valence-corrected chi connectivity index (χ1v) is 6.21. The number of nitrogens with two attached hydrogens (primary N) is 1. The highest BCUT2D eigenvalue weighted by molar-refractivity contribution is 7.98. The molecule has 2 aromatic rings. The molecular formula is C11H10N4O3S. The van der Waals surface area contributed by atoms with Crippen molar-refractivity contribution in [3.05, 3.63) is 51.9 Å². The zero-order valence-corrected chi connectivity index (χ0v) is 10.5. The Bertz CT molecular complexity index is 671. The van der Waals surface area contributed by atoms with Crippen LogP contribution in [-0.2, 0) is 5.75 Å². The van der Waals surface area contributed by atoms with Gasteiger partial charge in [-0.3, -0.25) is 4.79 Å². The van der Waals surface area contributed by atoms with Crippen LogP contribution in [0.2, 0.25) is 0 Å². The number of carbonyl (C=O) groups is 1. The molecule has 0 atom stereocenters. The second kappa shape index (κ2) is 5.53. The first-order chi connectivity index (χ1) is 9.08. The first-order valence-electron chi connectivity index (χ1n) is 5.23. The number of aromatic carboxylic acids is 1. The molecule has 0 spiro atoms. The Kier molecular flexibility index (Phi) is 3.81. The molecule has 0 saturated carbocycles. The highest BCUT2D eigenvalue weighted by atomic mass is 32.2. The number of nitrogen functional groups attached to an aromatic ring is 1. The minimum absolute atomic E-state index is 0.211. The van der Waals surface area contributed by atoms with E-state index in [9.17, 15) is 9.59 Å². The lowest BCUT2D eigenvalue weighted by Gasteiger charge is -2.05. The maximum Gasteiger partial charge on any atom is 0.335 e. The molecule has 0 aliphatic rings. The van der Waals surface area contributed by atoms with Crippen LogP contribution in [0.25, 0.3) is 0 Å². The summed E-state index contributed by atoms with van der Waals surface area (Å²) in [4.78, 5) is 22.1. The van der Waals surface area contributed by atoms with E-state index in [0.717, 1.165) is 16.4 Å². The lowest BCUT2D eigenvalue weighted by Crippen LogP contribution is -2.29. The van der Waals surface area contributed by atoms with E-state index in [4.69, 9.17) is 10.9 Å². The van der Waals surface area contributed by atoms with Gasteiger partial charge in [0.25, 0.3) is 5.56 Å². The Morgan fingerprint density at radius 2 is 2.26 bits per heavy atom. The Hall–Kier alpha value is -2.35. The van der Waals surface area contributed by atoms with Crippen LogP contribution in [0.1, 0.15) is 15.9 Å². The number of thioether (sulfide) groups is 1. The van der Waals surface area contributed by atoms with Gasteiger partial charge in [-0.1, -0.05) is 23.9 Å². The summed E-state index contributed by atoms with van der Waals surface area (Å²) in [6.07, 6.45) is 1.02. The van der Waals surface area contributed by atoms with Crippen LogP contribution in [0.4, 0.5) is 0 Å². The maximum absolute atomic E-state index is 11.2. The molecule has 19 heavy (non-hydrogen) atoms. The van der Waals surface area contributed by atoms with E-state index in [0.29, 0.717) is 5.75 Å². The molecule has 0 amide bonds. The molecule has 0 bridgehead atoms. The Morgan fingerprint density at radius 3 is 3.00 bits per heavy atom. The largest absolute Gasteiger partial charge is 0.478 e. The van der Waals surface area contributed by atoms with Crippen molar-refractivity contribution < 1.29 is 9.90 Å². The van der Waals surface area contributed by atoms with Crippen LogP contribution in [0.15, 0.2) is 40.4 Å². The molecule has 0 fully saturated rings. The molecule has 1 heterocycles. The van der Waals surface area contributed by atoms with Gasteiger partial charge in [-0.25, -0.2) is 4.79 Å². The molecule has 0 saturated heterocycles. The lowest BCUT2D eigenvalue weighted by atomic mass is 10.1. The quantitative estimate of drug-likeness (QED) is 0.612. The molecule has 1 aromatic heterocycles. The molecule has 1 aromatic carbocycles. The molecule has 0 unspecified atom stereocenters. The van der Waals surface area contributed by atoms with E-state index < -0.39 is 11.5 Å². The second-order valence-electron chi connectivity index (χ2n) is 3.63. The minimum atomic E-state index is -0.984. The molecular weight excluding hydrogens is 268 g/mol. The Labute approximate surface area is 112 Å². The van der Waals surface area contributed by atoms with Gasteiger partial charge in [-0.15, -0.1) is 5.10 Å². The van der Waals surface area contributed by atoms with Crippen LogP contribution in [0.5, 0.6) is 0 Å². The third kappa shape index (κ3) is 3.10. The maximum atomic E-state index is 11.2. The van der Waals surface area contributed by atoms with Crippen LogP contribution >= 0.6 is 11.8 Å². The normalized spacial score (nSPS) is 10.3. The molecule has 8 heteroatoms. The monoisotopic (exact) mass is 278 g/mol. The molecule has 98 valence electrons. The van der Waals surface area contributed by atoms with Gasteiger partial charge in [0, 0.05) is 5.75 Å². The zero-order valence-electron chi connectivity index (χ0n) is 9.68. The highest BCUT2D eigenvalue weighted by Gasteiger charge is 2.06. The van der Waals surface area contributed by atoms with E-state index in [-0.39, 0.29) is 10.7 Å². The Balaban J connectivity index is 2.14. The standard InChI is InChI=1S/C11H10N4O3S/c12-15-9(16)5-13-14-11(15)19-6-7-2-1-3-8(4-7)10(17)18/h1-5H,6,12H2,(H,17,18). The molecule has 0 radical (unpaired) electrons. The van der Waals surface area contributed by atoms with Gasteiger partial charge >= 0.3 is 5.97 Å². The molecule has 0 aliphatic carbocycles. The highest BCUT2D eigenvalue weighted by Crippen LogP contribution is 2.19. The summed E-state index contributed by atoms with van der Waals surface area (Å²) >= 11 is 1.21. The van der Waals surface area contributed by atoms with Gasteiger partial charge in [-0.2, -0.15) is 9.77 Å². The zero-order chi connectivity index (χ0) is 13.8. The van der Waals surface area contributed by atoms with E-state index in [1.54, 1.807) is 18.2 Å². The topological polar surface area (TPSA) is 111 Å². The summed E-state index contributed by atoms with van der Waals surface area (Å²) in [5.41, 5.74) is 0.558. The summed E-state index contributed by atoms with van der Waals surface area (Å²) < 4.78 is 0.902. The summed E-state index contributed by atoms with van der Waals surface area (Å²) in [5, 5.41) is 16.4. The molecule has 0 aliphatic heterocycles. The number of aromatic nitrogens is 3. The van der Waals surface area contributed by atoms with E-state index >= 15 is 0 Å². The summed E-state index contributed by atoms with van der Waals surface area (Å²) in [7, 11) is 0. The number of carboxylic acid groups (broad SMARTS) is 1. The average molecular weight is 278 g/mol. The van der Waals surface area contributed by atoms with Crippen LogP contribution in [0.3, 0.4) is 0 Å². The average Bonchev–Trinajstić information content (AvgIpc) is 2.41. The van der Waals surface area contributed by atoms with Gasteiger partial charge < -0.3 is 10.9 Å². The van der Waals surface area contributed by atoms with Crippen molar-refractivity contribution in [2.75, 3.05) is 5.84 Å². The molecule has 3 N–H and O–H groups in total. The van der Waals surface area contributed by atoms with E-state index in [1.807, 2.05) is 0 Å². The number of benzene rings is 1. The summed E-state index contributed by atoms with van der Waals surface area (Å²) in [6, 6.07) is 6.52. The van der Waals surface area contributed by atoms with E-state index in [2.05, 4.69) is 10.2 Å². The summed E-state index contributed by atoms with van der Waals surface area (Å²) in [6.45, 7) is 0. The number of nitrogens with zero attached hydrogens (tertiary/aromatic N) is 3. The fourth-order valence-corrected chi connectivity index (χ4v) is 2.18. The van der Waals surface area contributed by atoms with Crippen LogP contribution in [-0.4, -0.2) is 25.9 Å². The third-order valence-corrected chi connectivity index (χ3v) is 3.31. The van der Waals surface area contributed by atoms with Crippen molar-refractivity contribution in [1.29, 1.82) is 0 Å². The van der Waals surface area contributed by atoms with Crippen LogP contribution in [0, 0.1) is 0 Å². The second-order valence-corrected chi connectivity index (χ2v) is 4.57. The lowest BCUT2D eigenvalue weighted by molar-refractivity contribution is 0.0697. The van der Waals surface area contributed by atoms with Crippen molar-refractivity contribution in [3.63, 3.8) is 0 Å². The smallest absolute Gasteiger partial charge is 0.335 e. The summed E-state index contributed by atoms with van der Waals surface area (Å²) in [5.74, 6) is 4.97. The molecule has 7 nitrogen and oxygen atoms in total. The van der Waals surface area contributed by atoms with Gasteiger partial charge in [0.15, 0.2) is 0 Å². The van der Waals surface area contributed by atoms with Crippen LogP contribution < -0.4 is 11.4 Å². The van der Waals surface area contributed by atoms with Gasteiger partial charge in [0.2, 0.25) is 5.16 Å². The third-order valence-electron chi connectivity index (χ3n) is 2.30. The molecule has 2 rings (SSSR count). The van der Waals surface area contributed by atoms with E-state index in [1.165, 1.54) is 17.8 Å². The van der Waals surface area contributed by atoms with Crippen molar-refractivity contribution in [1.82, 2.24) is 14.9 Å². The van der Waals surface area contributed by atoms with Crippen molar-refractivity contribution >= 4 is 17.7 Å². The fourth-order valence-electron chi connectivity index (χ4n) is 1.37. The van der Waals surface area contributed by atoms with Gasteiger partial charge in [0.05, 0.1) is 5.56 Å². The number of carboxylic acids is 1. The predicted molar refractivity (Wildman–Crippen MR) is 69.4 cm³/mol. The number of hydrogen-bond donors (Lipinski definition) is 2. The minimum Gasteiger partial charge on any atom is -0.478 e. The van der Waals surface area contributed by atoms with Gasteiger partial charge in [-0.05, 0) is 17.7 Å². The van der Waals surface area contributed by atoms with Gasteiger partial charge in [0.1, 0.15) is 6.20 Å².